The zero-order valence-corrected chi connectivity index (χ0v) is 20.2. The highest BCUT2D eigenvalue weighted by molar-refractivity contribution is 6.33. The molecule has 0 spiro atoms. The summed E-state index contributed by atoms with van der Waals surface area (Å²) >= 11 is 12.7. The molecule has 2 aromatic carbocycles. The van der Waals surface area contributed by atoms with Gasteiger partial charge in [0, 0.05) is 42.1 Å². The molecule has 1 aliphatic rings. The molecule has 0 amide bonds. The third-order valence-electron chi connectivity index (χ3n) is 5.90. The highest BCUT2D eigenvalue weighted by Gasteiger charge is 2.19. The van der Waals surface area contributed by atoms with Gasteiger partial charge in [0.15, 0.2) is 0 Å². The average molecular weight is 467 g/mol. The predicted molar refractivity (Wildman–Crippen MR) is 128 cm³/mol. The van der Waals surface area contributed by atoms with Crippen LogP contribution in [0.5, 0.6) is 5.75 Å². The Balaban J connectivity index is 1.66. The number of hydrogen-bond donors (Lipinski definition) is 0. The molecule has 0 bridgehead atoms. The third kappa shape index (κ3) is 7.08. The second-order valence-corrected chi connectivity index (χ2v) is 9.55. The van der Waals surface area contributed by atoms with Gasteiger partial charge in [0.2, 0.25) is 0 Å². The van der Waals surface area contributed by atoms with E-state index in [4.69, 9.17) is 27.9 Å². The van der Waals surface area contributed by atoms with E-state index in [9.17, 15) is 4.39 Å². The van der Waals surface area contributed by atoms with Crippen molar-refractivity contribution in [1.29, 1.82) is 0 Å². The number of hydrogen-bond acceptors (Lipinski definition) is 3. The first-order valence-corrected chi connectivity index (χ1v) is 11.8. The predicted octanol–water partition coefficient (Wildman–Crippen LogP) is 6.41. The number of halogens is 3. The minimum Gasteiger partial charge on any atom is -0.494 e. The number of rotatable bonds is 9. The molecule has 1 atom stereocenters. The van der Waals surface area contributed by atoms with Crippen LogP contribution in [0.2, 0.25) is 10.0 Å². The fourth-order valence-corrected chi connectivity index (χ4v) is 4.65. The van der Waals surface area contributed by atoms with Crippen molar-refractivity contribution in [2.75, 3.05) is 40.3 Å². The van der Waals surface area contributed by atoms with Crippen molar-refractivity contribution in [2.45, 2.75) is 44.8 Å². The summed E-state index contributed by atoms with van der Waals surface area (Å²) < 4.78 is 19.3. The Labute approximate surface area is 196 Å². The minimum absolute atomic E-state index is 0.119. The summed E-state index contributed by atoms with van der Waals surface area (Å²) in [5.41, 5.74) is 3.47. The average Bonchev–Trinajstić information content (AvgIpc) is 2.73. The Hall–Kier alpha value is -1.33. The highest BCUT2D eigenvalue weighted by Crippen LogP contribution is 2.35. The largest absolute Gasteiger partial charge is 0.494 e. The van der Waals surface area contributed by atoms with Crippen LogP contribution in [-0.4, -0.2) is 56.3 Å². The second-order valence-electron chi connectivity index (χ2n) is 8.70. The fraction of sp³-hybridized carbons (Fsp3) is 0.520. The lowest BCUT2D eigenvalue weighted by Gasteiger charge is -2.28. The van der Waals surface area contributed by atoms with Crippen LogP contribution in [0.15, 0.2) is 36.4 Å². The van der Waals surface area contributed by atoms with E-state index in [0.717, 1.165) is 48.9 Å². The number of ether oxygens (including phenoxy) is 1. The fourth-order valence-electron chi connectivity index (χ4n) is 4.19. The topological polar surface area (TPSA) is 15.7 Å². The van der Waals surface area contributed by atoms with Crippen molar-refractivity contribution in [3.8, 4) is 5.75 Å². The number of nitrogens with zero attached hydrogens (tertiary/aromatic N) is 2. The van der Waals surface area contributed by atoms with E-state index in [-0.39, 0.29) is 5.92 Å². The first-order chi connectivity index (χ1) is 14.8. The number of benzene rings is 2. The van der Waals surface area contributed by atoms with Crippen molar-refractivity contribution in [3.05, 3.63) is 63.1 Å². The molecule has 170 valence electrons. The maximum Gasteiger partial charge on any atom is 0.119 e. The third-order valence-corrected chi connectivity index (χ3v) is 6.48. The van der Waals surface area contributed by atoms with Crippen molar-refractivity contribution >= 4 is 23.2 Å². The molecule has 0 N–H and O–H groups in total. The Morgan fingerprint density at radius 3 is 2.55 bits per heavy atom. The van der Waals surface area contributed by atoms with Crippen molar-refractivity contribution in [3.63, 3.8) is 0 Å². The van der Waals surface area contributed by atoms with Gasteiger partial charge in [-0.1, -0.05) is 36.2 Å². The molecular formula is C25H33Cl2FN2O. The molecular weight excluding hydrogens is 434 g/mol. The molecule has 0 saturated carbocycles. The molecule has 0 radical (unpaired) electrons. The van der Waals surface area contributed by atoms with Gasteiger partial charge in [-0.2, -0.15) is 0 Å². The lowest BCUT2D eigenvalue weighted by molar-refractivity contribution is 0.143. The minimum atomic E-state index is -0.620. The van der Waals surface area contributed by atoms with Crippen molar-refractivity contribution in [1.82, 2.24) is 9.80 Å². The molecule has 1 heterocycles. The van der Waals surface area contributed by atoms with E-state index in [1.807, 2.05) is 24.3 Å². The van der Waals surface area contributed by atoms with Gasteiger partial charge in [0.05, 0.1) is 6.61 Å². The van der Waals surface area contributed by atoms with Gasteiger partial charge in [-0.05, 0) is 80.4 Å². The van der Waals surface area contributed by atoms with Crippen molar-refractivity contribution < 1.29 is 9.13 Å². The van der Waals surface area contributed by atoms with Gasteiger partial charge >= 0.3 is 0 Å². The van der Waals surface area contributed by atoms with Crippen LogP contribution in [0.25, 0.3) is 0 Å². The Morgan fingerprint density at radius 2 is 1.84 bits per heavy atom. The van der Waals surface area contributed by atoms with E-state index in [0.29, 0.717) is 24.5 Å². The Bertz CT molecular complexity index is 853. The maximum atomic E-state index is 13.3. The summed E-state index contributed by atoms with van der Waals surface area (Å²) in [5.74, 6) is 1.00. The van der Waals surface area contributed by atoms with E-state index in [1.165, 1.54) is 11.1 Å². The van der Waals surface area contributed by atoms with E-state index in [2.05, 4.69) is 43.0 Å². The van der Waals surface area contributed by atoms with Crippen LogP contribution in [0.4, 0.5) is 4.39 Å². The Kier molecular flexibility index (Phi) is 9.03. The normalized spacial score (nSPS) is 16.6. The van der Waals surface area contributed by atoms with Crippen LogP contribution in [0.1, 0.15) is 48.8 Å². The van der Waals surface area contributed by atoms with Crippen molar-refractivity contribution in [2.24, 2.45) is 0 Å². The van der Waals surface area contributed by atoms with E-state index in [1.54, 1.807) is 0 Å². The zero-order valence-electron chi connectivity index (χ0n) is 18.7. The monoisotopic (exact) mass is 466 g/mol. The summed E-state index contributed by atoms with van der Waals surface area (Å²) in [7, 11) is 4.13. The number of piperidine rings is 1. The van der Waals surface area contributed by atoms with Gasteiger partial charge < -0.3 is 14.5 Å². The smallest absolute Gasteiger partial charge is 0.119 e. The second kappa shape index (κ2) is 11.5. The summed E-state index contributed by atoms with van der Waals surface area (Å²) in [5, 5.41) is 1.42. The molecule has 3 rings (SSSR count). The highest BCUT2D eigenvalue weighted by atomic mass is 35.5. The molecule has 6 heteroatoms. The maximum absolute atomic E-state index is 13.3. The first kappa shape index (κ1) is 24.3. The molecule has 2 aromatic rings. The quantitative estimate of drug-likeness (QED) is 0.397. The summed E-state index contributed by atoms with van der Waals surface area (Å²) in [4.78, 5) is 4.49. The molecule has 0 aliphatic carbocycles. The van der Waals surface area contributed by atoms with Gasteiger partial charge in [-0.3, -0.25) is 0 Å². The summed E-state index contributed by atoms with van der Waals surface area (Å²) in [6.45, 7) is 6.30. The van der Waals surface area contributed by atoms with Crippen LogP contribution in [0.3, 0.4) is 0 Å². The van der Waals surface area contributed by atoms with E-state index < -0.39 is 6.17 Å². The number of alkyl halides is 1. The molecule has 1 aliphatic heterocycles. The van der Waals surface area contributed by atoms with Crippen LogP contribution in [0, 0.1) is 0 Å². The molecule has 1 fully saturated rings. The standard InChI is InChI=1S/C25H33Cl2FN2O/c1-18(24-16-20(26)5-8-25(24)27)23-7-6-22(15-19(23)17-29(2)3)31-14-4-11-30-12-9-21(28)10-13-30/h5-8,15-16,18,21H,4,9-14,17H2,1-3H3. The number of likely N-dealkylation sites (tertiary alicyclic amines) is 1. The van der Waals surface area contributed by atoms with Gasteiger partial charge in [0.1, 0.15) is 11.9 Å². The Morgan fingerprint density at radius 1 is 1.10 bits per heavy atom. The summed E-state index contributed by atoms with van der Waals surface area (Å²) in [6.07, 6.45) is 1.64. The van der Waals surface area contributed by atoms with Crippen LogP contribution < -0.4 is 4.74 Å². The van der Waals surface area contributed by atoms with Gasteiger partial charge in [0.25, 0.3) is 0 Å². The lowest BCUT2D eigenvalue weighted by atomic mass is 9.89. The van der Waals surface area contributed by atoms with Gasteiger partial charge in [-0.25, -0.2) is 4.39 Å². The molecule has 31 heavy (non-hydrogen) atoms. The van der Waals surface area contributed by atoms with Crippen LogP contribution in [-0.2, 0) is 6.54 Å². The SMILES string of the molecule is CC(c1cc(Cl)ccc1Cl)c1ccc(OCCCN2CCC(F)CC2)cc1CN(C)C. The summed E-state index contributed by atoms with van der Waals surface area (Å²) in [6, 6.07) is 11.9. The molecule has 3 nitrogen and oxygen atoms in total. The first-order valence-electron chi connectivity index (χ1n) is 11.0. The molecule has 0 aromatic heterocycles. The van der Waals surface area contributed by atoms with Gasteiger partial charge in [-0.15, -0.1) is 0 Å². The zero-order chi connectivity index (χ0) is 22.4. The lowest BCUT2D eigenvalue weighted by Crippen LogP contribution is -2.35. The molecule has 1 unspecified atom stereocenters. The van der Waals surface area contributed by atoms with E-state index >= 15 is 0 Å². The van der Waals surface area contributed by atoms with Crippen LogP contribution >= 0.6 is 23.2 Å². The molecule has 1 saturated heterocycles.